The molecule has 4 nitrogen and oxygen atoms in total. The number of carbonyl (C=O) groups excluding carboxylic acids is 1. The normalized spacial score (nSPS) is 13.6. The number of amides is 1. The first-order valence-electron chi connectivity index (χ1n) is 8.90. The van der Waals surface area contributed by atoms with Crippen LogP contribution in [-0.2, 0) is 4.79 Å². The summed E-state index contributed by atoms with van der Waals surface area (Å²) in [6.45, 7) is 1.53. The second-order valence-electron chi connectivity index (χ2n) is 6.53. The molecule has 0 aromatic heterocycles. The van der Waals surface area contributed by atoms with E-state index in [0.717, 1.165) is 27.5 Å². The number of benzene rings is 3. The first kappa shape index (κ1) is 18.8. The lowest BCUT2D eigenvalue weighted by Gasteiger charge is -2.23. The van der Waals surface area contributed by atoms with E-state index in [1.165, 1.54) is 6.08 Å². The van der Waals surface area contributed by atoms with Crippen LogP contribution in [-0.4, -0.2) is 28.8 Å². The van der Waals surface area contributed by atoms with Gasteiger partial charge in [0.15, 0.2) is 0 Å². The van der Waals surface area contributed by atoms with E-state index in [0.29, 0.717) is 0 Å². The van der Waals surface area contributed by atoms with Crippen LogP contribution in [0.15, 0.2) is 72.8 Å². The Morgan fingerprint density at radius 3 is 2.48 bits per heavy atom. The van der Waals surface area contributed by atoms with Crippen molar-refractivity contribution >= 4 is 22.8 Å². The third kappa shape index (κ3) is 4.61. The molecule has 27 heavy (non-hydrogen) atoms. The minimum atomic E-state index is -1.10. The average molecular weight is 361 g/mol. The number of nitrogens with one attached hydrogen (secondary N) is 1. The molecular weight excluding hydrogens is 338 g/mol. The summed E-state index contributed by atoms with van der Waals surface area (Å²) in [5.74, 6) is -0.330. The van der Waals surface area contributed by atoms with Gasteiger partial charge in [0, 0.05) is 6.08 Å². The first-order chi connectivity index (χ1) is 13.1. The van der Waals surface area contributed by atoms with Gasteiger partial charge in [0.25, 0.3) is 0 Å². The maximum Gasteiger partial charge on any atom is 0.244 e. The quantitative estimate of drug-likeness (QED) is 0.590. The number of aryl methyl sites for hydroxylation is 1. The molecule has 0 saturated heterocycles. The highest BCUT2D eigenvalue weighted by atomic mass is 16.3. The second kappa shape index (κ2) is 8.62. The predicted octanol–water partition coefficient (Wildman–Crippen LogP) is 3.37. The fraction of sp³-hybridized carbons (Fsp3) is 0.174. The zero-order valence-corrected chi connectivity index (χ0v) is 15.2. The Balaban J connectivity index is 1.82. The van der Waals surface area contributed by atoms with Gasteiger partial charge < -0.3 is 15.5 Å². The molecular formula is C23H23NO3. The molecule has 0 aliphatic carbocycles. The molecule has 3 aromatic carbocycles. The molecule has 2 atom stereocenters. The van der Waals surface area contributed by atoms with E-state index >= 15 is 0 Å². The molecule has 0 fully saturated rings. The molecule has 3 aromatic rings. The number of hydrogen-bond acceptors (Lipinski definition) is 3. The Morgan fingerprint density at radius 1 is 1.04 bits per heavy atom. The summed E-state index contributed by atoms with van der Waals surface area (Å²) >= 11 is 0. The van der Waals surface area contributed by atoms with Gasteiger partial charge in [-0.3, -0.25) is 4.79 Å². The lowest BCUT2D eigenvalue weighted by Crippen LogP contribution is -2.37. The summed E-state index contributed by atoms with van der Waals surface area (Å²) in [6, 6.07) is 20.7. The highest BCUT2D eigenvalue weighted by Crippen LogP contribution is 2.23. The minimum Gasteiger partial charge on any atom is -0.394 e. The maximum absolute atomic E-state index is 12.4. The van der Waals surface area contributed by atoms with Crippen molar-refractivity contribution in [3.05, 3.63) is 89.5 Å². The van der Waals surface area contributed by atoms with Crippen molar-refractivity contribution in [3.8, 4) is 0 Å². The van der Waals surface area contributed by atoms with Gasteiger partial charge in [0.1, 0.15) is 6.10 Å². The van der Waals surface area contributed by atoms with Crippen LogP contribution in [0.5, 0.6) is 0 Å². The van der Waals surface area contributed by atoms with Crippen molar-refractivity contribution in [2.75, 3.05) is 6.61 Å². The van der Waals surface area contributed by atoms with E-state index in [4.69, 9.17) is 0 Å². The van der Waals surface area contributed by atoms with Crippen molar-refractivity contribution in [1.82, 2.24) is 5.32 Å². The smallest absolute Gasteiger partial charge is 0.244 e. The summed E-state index contributed by atoms with van der Waals surface area (Å²) in [6.07, 6.45) is 2.09. The van der Waals surface area contributed by atoms with E-state index in [2.05, 4.69) is 5.32 Å². The lowest BCUT2D eigenvalue weighted by molar-refractivity contribution is -0.118. The maximum atomic E-state index is 12.4. The molecule has 4 heteroatoms. The van der Waals surface area contributed by atoms with Crippen molar-refractivity contribution in [1.29, 1.82) is 0 Å². The van der Waals surface area contributed by atoms with Gasteiger partial charge in [-0.25, -0.2) is 0 Å². The van der Waals surface area contributed by atoms with E-state index in [1.54, 1.807) is 6.08 Å². The Bertz CT molecular complexity index is 965. The van der Waals surface area contributed by atoms with Crippen LogP contribution in [0.2, 0.25) is 0 Å². The second-order valence-corrected chi connectivity index (χ2v) is 6.53. The van der Waals surface area contributed by atoms with Crippen molar-refractivity contribution in [2.24, 2.45) is 0 Å². The number of fused-ring (bicyclic) bond motifs is 1. The van der Waals surface area contributed by atoms with Gasteiger partial charge in [0.2, 0.25) is 5.91 Å². The third-order valence-electron chi connectivity index (χ3n) is 4.60. The van der Waals surface area contributed by atoms with Crippen molar-refractivity contribution in [3.63, 3.8) is 0 Å². The number of aliphatic hydroxyl groups excluding tert-OH is 2. The van der Waals surface area contributed by atoms with Crippen LogP contribution in [0.25, 0.3) is 16.8 Å². The SMILES string of the molecule is Cc1ccccc1/C=C/C(=O)NC(c1ccc2ccccc2c1)C(O)CO. The number of aliphatic hydroxyl groups is 2. The molecule has 0 bridgehead atoms. The number of carbonyl (C=O) groups is 1. The van der Waals surface area contributed by atoms with Gasteiger partial charge in [-0.05, 0) is 46.5 Å². The Kier molecular flexibility index (Phi) is 6.01. The monoisotopic (exact) mass is 361 g/mol. The van der Waals surface area contributed by atoms with Gasteiger partial charge in [-0.1, -0.05) is 60.7 Å². The molecule has 3 rings (SSSR count). The summed E-state index contributed by atoms with van der Waals surface area (Å²) in [4.78, 5) is 12.4. The molecule has 0 aliphatic heterocycles. The molecule has 0 radical (unpaired) electrons. The Hall–Kier alpha value is -2.95. The summed E-state index contributed by atoms with van der Waals surface area (Å²) in [5.41, 5.74) is 2.77. The largest absolute Gasteiger partial charge is 0.394 e. The molecule has 3 N–H and O–H groups in total. The third-order valence-corrected chi connectivity index (χ3v) is 4.60. The summed E-state index contributed by atoms with van der Waals surface area (Å²) in [5, 5.41) is 24.5. The van der Waals surface area contributed by atoms with Crippen LogP contribution in [0.3, 0.4) is 0 Å². The van der Waals surface area contributed by atoms with Crippen molar-refractivity contribution in [2.45, 2.75) is 19.1 Å². The minimum absolute atomic E-state index is 0.330. The molecule has 2 unspecified atom stereocenters. The van der Waals surface area contributed by atoms with E-state index in [1.807, 2.05) is 73.7 Å². The van der Waals surface area contributed by atoms with Gasteiger partial charge in [-0.2, -0.15) is 0 Å². The topological polar surface area (TPSA) is 69.6 Å². The molecule has 138 valence electrons. The highest BCUT2D eigenvalue weighted by Gasteiger charge is 2.22. The van der Waals surface area contributed by atoms with Gasteiger partial charge in [-0.15, -0.1) is 0 Å². The van der Waals surface area contributed by atoms with Crippen molar-refractivity contribution < 1.29 is 15.0 Å². The number of hydrogen-bond donors (Lipinski definition) is 3. The lowest BCUT2D eigenvalue weighted by atomic mass is 9.98. The van der Waals surface area contributed by atoms with Crippen LogP contribution in [0.4, 0.5) is 0 Å². The van der Waals surface area contributed by atoms with Crippen LogP contribution >= 0.6 is 0 Å². The van der Waals surface area contributed by atoms with Crippen LogP contribution in [0, 0.1) is 6.92 Å². The Labute approximate surface area is 158 Å². The fourth-order valence-corrected chi connectivity index (χ4v) is 3.05. The Morgan fingerprint density at radius 2 is 1.74 bits per heavy atom. The average Bonchev–Trinajstić information content (AvgIpc) is 2.70. The summed E-state index contributed by atoms with van der Waals surface area (Å²) in [7, 11) is 0. The van der Waals surface area contributed by atoms with Gasteiger partial charge >= 0.3 is 0 Å². The molecule has 1 amide bonds. The van der Waals surface area contributed by atoms with Crippen LogP contribution in [0.1, 0.15) is 22.7 Å². The standard InChI is InChI=1S/C23H23NO3/c1-16-6-2-3-7-17(16)12-13-22(27)24-23(21(26)15-25)20-11-10-18-8-4-5-9-19(18)14-20/h2-14,21,23,25-26H,15H2,1H3,(H,24,27)/b13-12+. The number of rotatable bonds is 6. The molecule has 0 saturated carbocycles. The van der Waals surface area contributed by atoms with Crippen LogP contribution < -0.4 is 5.32 Å². The van der Waals surface area contributed by atoms with E-state index < -0.39 is 18.8 Å². The molecule has 0 aliphatic rings. The summed E-state index contributed by atoms with van der Waals surface area (Å²) < 4.78 is 0. The highest BCUT2D eigenvalue weighted by molar-refractivity contribution is 5.92. The first-order valence-corrected chi connectivity index (χ1v) is 8.90. The molecule has 0 spiro atoms. The predicted molar refractivity (Wildman–Crippen MR) is 108 cm³/mol. The van der Waals surface area contributed by atoms with E-state index in [9.17, 15) is 15.0 Å². The van der Waals surface area contributed by atoms with Gasteiger partial charge in [0.05, 0.1) is 12.6 Å². The van der Waals surface area contributed by atoms with E-state index in [-0.39, 0.29) is 5.91 Å². The molecule has 0 heterocycles. The zero-order valence-electron chi connectivity index (χ0n) is 15.2. The zero-order chi connectivity index (χ0) is 19.2. The fourth-order valence-electron chi connectivity index (χ4n) is 3.05.